The third kappa shape index (κ3) is 3.59. The Morgan fingerprint density at radius 2 is 2.26 bits per heavy atom. The second kappa shape index (κ2) is 6.75. The summed E-state index contributed by atoms with van der Waals surface area (Å²) in [6.07, 6.45) is 3.28. The minimum atomic E-state index is -0.462. The Labute approximate surface area is 113 Å². The molecule has 2 atom stereocenters. The first kappa shape index (κ1) is 14.1. The topological polar surface area (TPSA) is 67.9 Å². The van der Waals surface area contributed by atoms with Crippen LogP contribution in [0.3, 0.4) is 0 Å². The van der Waals surface area contributed by atoms with Crippen molar-refractivity contribution in [3.63, 3.8) is 0 Å². The molecule has 1 saturated carbocycles. The number of carbonyl (C=O) groups excluding carboxylic acids is 2. The van der Waals surface area contributed by atoms with E-state index in [9.17, 15) is 9.59 Å². The van der Waals surface area contributed by atoms with Gasteiger partial charge in [0.05, 0.1) is 25.4 Å². The van der Waals surface area contributed by atoms with Crippen molar-refractivity contribution in [2.45, 2.75) is 44.8 Å². The van der Waals surface area contributed by atoms with E-state index >= 15 is 0 Å². The number of hydrogen-bond donors (Lipinski definition) is 1. The van der Waals surface area contributed by atoms with Crippen molar-refractivity contribution in [3.8, 4) is 0 Å². The number of nitrogens with one attached hydrogen (secondary N) is 1. The highest BCUT2D eigenvalue weighted by Crippen LogP contribution is 2.29. The van der Waals surface area contributed by atoms with Crippen LogP contribution in [0.1, 0.15) is 32.6 Å². The van der Waals surface area contributed by atoms with Gasteiger partial charge in [-0.25, -0.2) is 4.79 Å². The summed E-state index contributed by atoms with van der Waals surface area (Å²) in [5.41, 5.74) is 0. The maximum absolute atomic E-state index is 12.2. The van der Waals surface area contributed by atoms with Crippen molar-refractivity contribution in [1.29, 1.82) is 0 Å². The lowest BCUT2D eigenvalue weighted by atomic mass is 10.1. The van der Waals surface area contributed by atoms with Gasteiger partial charge in [0.15, 0.2) is 0 Å². The first-order valence-corrected chi connectivity index (χ1v) is 7.04. The van der Waals surface area contributed by atoms with Gasteiger partial charge in [-0.15, -0.1) is 0 Å². The molecule has 2 rings (SSSR count). The van der Waals surface area contributed by atoms with Gasteiger partial charge < -0.3 is 19.7 Å². The van der Waals surface area contributed by atoms with Crippen LogP contribution in [0, 0.1) is 0 Å². The summed E-state index contributed by atoms with van der Waals surface area (Å²) in [6, 6.07) is 0.240. The first-order valence-electron chi connectivity index (χ1n) is 7.04. The Hall–Kier alpha value is -1.30. The second-order valence-electron chi connectivity index (χ2n) is 4.89. The van der Waals surface area contributed by atoms with Gasteiger partial charge >= 0.3 is 6.09 Å². The Balaban J connectivity index is 1.74. The van der Waals surface area contributed by atoms with Crippen LogP contribution in [0.2, 0.25) is 0 Å². The zero-order valence-corrected chi connectivity index (χ0v) is 11.4. The molecule has 0 unspecified atom stereocenters. The molecular formula is C13H22N2O4. The molecule has 6 nitrogen and oxygen atoms in total. The molecule has 0 spiro atoms. The van der Waals surface area contributed by atoms with Crippen molar-refractivity contribution < 1.29 is 19.1 Å². The van der Waals surface area contributed by atoms with Gasteiger partial charge in [0, 0.05) is 19.5 Å². The normalized spacial score (nSPS) is 25.8. The van der Waals surface area contributed by atoms with E-state index < -0.39 is 6.09 Å². The van der Waals surface area contributed by atoms with Crippen molar-refractivity contribution >= 4 is 12.0 Å². The van der Waals surface area contributed by atoms with Crippen molar-refractivity contribution in [2.24, 2.45) is 0 Å². The van der Waals surface area contributed by atoms with Crippen LogP contribution in [0.5, 0.6) is 0 Å². The van der Waals surface area contributed by atoms with Crippen LogP contribution in [0.25, 0.3) is 0 Å². The van der Waals surface area contributed by atoms with Gasteiger partial charge in [-0.2, -0.15) is 0 Å². The van der Waals surface area contributed by atoms with E-state index in [0.717, 1.165) is 19.3 Å². The molecule has 6 heteroatoms. The summed E-state index contributed by atoms with van der Waals surface area (Å²) in [4.78, 5) is 25.2. The third-order valence-corrected chi connectivity index (χ3v) is 3.69. The highest BCUT2D eigenvalue weighted by molar-refractivity contribution is 5.77. The third-order valence-electron chi connectivity index (χ3n) is 3.69. The molecule has 1 aliphatic carbocycles. The predicted molar refractivity (Wildman–Crippen MR) is 68.7 cm³/mol. The molecule has 1 aliphatic heterocycles. The van der Waals surface area contributed by atoms with E-state index in [2.05, 4.69) is 5.32 Å². The molecule has 0 bridgehead atoms. The van der Waals surface area contributed by atoms with Gasteiger partial charge in [-0.1, -0.05) is 0 Å². The molecule has 2 aliphatic rings. The summed E-state index contributed by atoms with van der Waals surface area (Å²) < 4.78 is 10.4. The lowest BCUT2D eigenvalue weighted by Crippen LogP contribution is -2.51. The largest absolute Gasteiger partial charge is 0.450 e. The molecule has 0 radical (unpaired) electrons. The van der Waals surface area contributed by atoms with E-state index in [0.29, 0.717) is 32.7 Å². The molecule has 2 amide bonds. The zero-order valence-electron chi connectivity index (χ0n) is 11.4. The number of fused-ring (bicyclic) bond motifs is 1. The SMILES string of the molecule is CCOC(=O)NCCC(=O)N1CCO[C@@H]2CCC[C@@H]21. The molecule has 1 heterocycles. The number of ether oxygens (including phenoxy) is 2. The molecule has 1 N–H and O–H groups in total. The number of amides is 2. The number of morpholine rings is 1. The summed E-state index contributed by atoms with van der Waals surface area (Å²) in [6.45, 7) is 3.70. The minimum absolute atomic E-state index is 0.0944. The second-order valence-corrected chi connectivity index (χ2v) is 4.89. The van der Waals surface area contributed by atoms with Gasteiger partial charge in [-0.05, 0) is 26.2 Å². The number of nitrogens with zero attached hydrogens (tertiary/aromatic N) is 1. The zero-order chi connectivity index (χ0) is 13.7. The maximum Gasteiger partial charge on any atom is 0.407 e. The van der Waals surface area contributed by atoms with Crippen LogP contribution in [-0.2, 0) is 14.3 Å². The van der Waals surface area contributed by atoms with Crippen LogP contribution < -0.4 is 5.32 Å². The summed E-state index contributed by atoms with van der Waals surface area (Å²) >= 11 is 0. The highest BCUT2D eigenvalue weighted by atomic mass is 16.5. The molecule has 0 aromatic rings. The number of rotatable bonds is 4. The van der Waals surface area contributed by atoms with E-state index in [4.69, 9.17) is 9.47 Å². The minimum Gasteiger partial charge on any atom is -0.450 e. The highest BCUT2D eigenvalue weighted by Gasteiger charge is 2.37. The van der Waals surface area contributed by atoms with Crippen LogP contribution in [0.15, 0.2) is 0 Å². The van der Waals surface area contributed by atoms with Crippen LogP contribution in [-0.4, -0.2) is 55.3 Å². The first-order chi connectivity index (χ1) is 9.22. The Morgan fingerprint density at radius 3 is 3.05 bits per heavy atom. The molecule has 2 fully saturated rings. The van der Waals surface area contributed by atoms with Crippen molar-refractivity contribution in [1.82, 2.24) is 10.2 Å². The summed E-state index contributed by atoms with van der Waals surface area (Å²) in [7, 11) is 0. The molecular weight excluding hydrogens is 248 g/mol. The predicted octanol–water partition coefficient (Wildman–Crippen LogP) is 0.902. The quantitative estimate of drug-likeness (QED) is 0.824. The fraction of sp³-hybridized carbons (Fsp3) is 0.846. The Bertz CT molecular complexity index is 335. The number of alkyl carbamates (subject to hydrolysis) is 1. The average molecular weight is 270 g/mol. The molecule has 1 saturated heterocycles. The Morgan fingerprint density at radius 1 is 1.42 bits per heavy atom. The van der Waals surface area contributed by atoms with E-state index in [1.807, 2.05) is 4.90 Å². The smallest absolute Gasteiger partial charge is 0.407 e. The monoisotopic (exact) mass is 270 g/mol. The van der Waals surface area contributed by atoms with Crippen LogP contribution in [0.4, 0.5) is 4.79 Å². The molecule has 19 heavy (non-hydrogen) atoms. The molecule has 0 aromatic carbocycles. The Kier molecular flexibility index (Phi) is 5.01. The number of carbonyl (C=O) groups is 2. The molecule has 108 valence electrons. The van der Waals surface area contributed by atoms with Crippen molar-refractivity contribution in [3.05, 3.63) is 0 Å². The van der Waals surface area contributed by atoms with Crippen LogP contribution >= 0.6 is 0 Å². The lowest BCUT2D eigenvalue weighted by Gasteiger charge is -2.37. The van der Waals surface area contributed by atoms with Gasteiger partial charge in [-0.3, -0.25) is 4.79 Å². The van der Waals surface area contributed by atoms with Crippen molar-refractivity contribution in [2.75, 3.05) is 26.3 Å². The van der Waals surface area contributed by atoms with Gasteiger partial charge in [0.1, 0.15) is 0 Å². The maximum atomic E-state index is 12.2. The van der Waals surface area contributed by atoms with E-state index in [-0.39, 0.29) is 18.1 Å². The summed E-state index contributed by atoms with van der Waals surface area (Å²) in [5, 5.41) is 2.57. The van der Waals surface area contributed by atoms with Gasteiger partial charge in [0.2, 0.25) is 5.91 Å². The molecule has 0 aromatic heterocycles. The average Bonchev–Trinajstić information content (AvgIpc) is 2.86. The van der Waals surface area contributed by atoms with Gasteiger partial charge in [0.25, 0.3) is 0 Å². The van der Waals surface area contributed by atoms with E-state index in [1.165, 1.54) is 0 Å². The fourth-order valence-electron chi connectivity index (χ4n) is 2.83. The summed E-state index contributed by atoms with van der Waals surface area (Å²) in [5.74, 6) is 0.0944. The number of hydrogen-bond acceptors (Lipinski definition) is 4. The fourth-order valence-corrected chi connectivity index (χ4v) is 2.83. The van der Waals surface area contributed by atoms with E-state index in [1.54, 1.807) is 6.92 Å². The standard InChI is InChI=1S/C13H22N2O4/c1-2-18-13(17)14-7-6-12(16)15-8-9-19-11-5-3-4-10(11)15/h10-11H,2-9H2,1H3,(H,14,17)/t10-,11+/m0/s1. The lowest BCUT2D eigenvalue weighted by molar-refractivity contribution is -0.143.